The smallest absolute Gasteiger partial charge is 0.264 e. The number of hydrogen-bond donors (Lipinski definition) is 1. The number of fused-ring (bicyclic) bond motifs is 2. The topological polar surface area (TPSA) is 143 Å². The molecule has 72 heavy (non-hydrogen) atoms. The molecule has 2 amide bonds. The lowest BCUT2D eigenvalue weighted by Crippen LogP contribution is -2.74. The van der Waals surface area contributed by atoms with Crippen molar-refractivity contribution in [2.24, 2.45) is 17.9 Å². The first kappa shape index (κ1) is 49.1. The Hall–Kier alpha value is -6.47. The molecule has 0 unspecified atom stereocenters. The van der Waals surface area contributed by atoms with E-state index in [2.05, 4.69) is 58.7 Å². The number of rotatable bonds is 12. The number of alkyl halides is 2. The maximum atomic E-state index is 14.8. The summed E-state index contributed by atoms with van der Waals surface area (Å²) in [5.74, 6) is 2.51. The minimum atomic E-state index is -2.66. The van der Waals surface area contributed by atoms with Crippen molar-refractivity contribution in [3.8, 4) is 34.4 Å². The minimum Gasteiger partial charge on any atom is -0.495 e. The summed E-state index contributed by atoms with van der Waals surface area (Å²) in [6.45, 7) is 13.7. The molecule has 16 heteroatoms. The van der Waals surface area contributed by atoms with Crippen molar-refractivity contribution in [1.82, 2.24) is 34.7 Å². The lowest BCUT2D eigenvalue weighted by atomic mass is 9.49. The van der Waals surface area contributed by atoms with Crippen molar-refractivity contribution in [3.05, 3.63) is 101 Å². The van der Waals surface area contributed by atoms with E-state index in [4.69, 9.17) is 19.3 Å². The van der Waals surface area contributed by atoms with E-state index in [1.165, 1.54) is 7.11 Å². The number of halogens is 2. The molecule has 1 saturated heterocycles. The van der Waals surface area contributed by atoms with Crippen LogP contribution in [0.25, 0.3) is 11.1 Å². The summed E-state index contributed by atoms with van der Waals surface area (Å²) in [6, 6.07) is 18.9. The van der Waals surface area contributed by atoms with Gasteiger partial charge in [0.15, 0.2) is 5.82 Å². The summed E-state index contributed by atoms with van der Waals surface area (Å²) in [6.07, 6.45) is 8.94. The second kappa shape index (κ2) is 19.5. The first-order chi connectivity index (χ1) is 34.5. The van der Waals surface area contributed by atoms with Crippen LogP contribution in [0.15, 0.2) is 67.0 Å². The third kappa shape index (κ3) is 9.18. The van der Waals surface area contributed by atoms with Crippen LogP contribution in [0.1, 0.15) is 130 Å². The van der Waals surface area contributed by atoms with Crippen molar-refractivity contribution in [2.45, 2.75) is 136 Å². The molecule has 3 aromatic carbocycles. The van der Waals surface area contributed by atoms with Crippen molar-refractivity contribution in [2.75, 3.05) is 38.2 Å². The van der Waals surface area contributed by atoms with Crippen molar-refractivity contribution in [1.29, 1.82) is 5.26 Å². The predicted octanol–water partition coefficient (Wildman–Crippen LogP) is 9.73. The van der Waals surface area contributed by atoms with E-state index in [1.807, 2.05) is 35.2 Å². The third-order valence-electron chi connectivity index (χ3n) is 16.5. The highest BCUT2D eigenvalue weighted by atomic mass is 19.3. The first-order valence-corrected chi connectivity index (χ1v) is 25.7. The van der Waals surface area contributed by atoms with Gasteiger partial charge < -0.3 is 34.2 Å². The lowest BCUT2D eigenvalue weighted by molar-refractivity contribution is -0.164. The number of carbonyl (C=O) groups is 2. The molecule has 2 saturated carbocycles. The Bertz CT molecular complexity index is 2850. The Kier molecular flexibility index (Phi) is 13.3. The highest BCUT2D eigenvalue weighted by Crippen LogP contribution is 2.56. The van der Waals surface area contributed by atoms with E-state index in [9.17, 15) is 23.6 Å². The molecular weight excluding hydrogens is 917 g/mol. The Morgan fingerprint density at radius 1 is 0.875 bits per heavy atom. The number of methoxy groups -OCH3 is 1. The van der Waals surface area contributed by atoms with Crippen LogP contribution >= 0.6 is 0 Å². The highest BCUT2D eigenvalue weighted by molar-refractivity contribution is 5.94. The van der Waals surface area contributed by atoms with E-state index < -0.39 is 6.43 Å². The molecule has 0 atom stereocenters. The average molecular weight is 984 g/mol. The van der Waals surface area contributed by atoms with Crippen LogP contribution in [0, 0.1) is 22.2 Å². The molecule has 5 aliphatic rings. The SMILES string of the molecule is COc1cc(OC2C(C)(C)C(NC(=O)c3ccc(OC4CCC(N5CCC(n6nc(N7CCCc8cc(-c9cnn(C)c9)c(C(F)F)cc87)c7c6CCN(C(C)=O)C7)CC5)CC4)cc3)C2(C)C)ccc1C#N. The standard InChI is InChI=1S/C56H67F2N9O5/c1-34(68)65-26-22-47-46(33-65)51(66-23-8-9-36-27-44(38-31-60-63(6)32-38)45(50(57)58)29-48(36)66)62-67(47)40-20-24-64(25-21-40)39-13-18-42(19-14-39)71-41-15-10-35(11-16-41)52(69)61-53-55(2,3)54(56(53,4)5)72-43-17-12-37(30-59)49(28-43)70-7/h10-12,15-17,27-29,31-32,39-40,42,50,53-54H,8-9,13-14,18-26,33H2,1-7H3,(H,61,69). The molecule has 5 aromatic rings. The monoisotopic (exact) mass is 984 g/mol. The van der Waals surface area contributed by atoms with Gasteiger partial charge in [-0.2, -0.15) is 15.5 Å². The number of nitrogens with zero attached hydrogens (tertiary/aromatic N) is 8. The second-order valence-electron chi connectivity index (χ2n) is 21.8. The van der Waals surface area contributed by atoms with Crippen molar-refractivity contribution in [3.63, 3.8) is 0 Å². The summed E-state index contributed by atoms with van der Waals surface area (Å²) in [7, 11) is 3.32. The number of aromatic nitrogens is 4. The van der Waals surface area contributed by atoms with Crippen LogP contribution in [0.5, 0.6) is 17.2 Å². The van der Waals surface area contributed by atoms with E-state index in [0.717, 1.165) is 98.5 Å². The number of hydrogen-bond acceptors (Lipinski definition) is 10. The zero-order chi connectivity index (χ0) is 50.6. The quantitative estimate of drug-likeness (QED) is 0.128. The zero-order valence-corrected chi connectivity index (χ0v) is 42.6. The molecule has 1 N–H and O–H groups in total. The molecule has 2 aliphatic carbocycles. The van der Waals surface area contributed by atoms with Crippen molar-refractivity contribution < 1.29 is 32.6 Å². The van der Waals surface area contributed by atoms with Gasteiger partial charge in [0.05, 0.1) is 37.6 Å². The zero-order valence-electron chi connectivity index (χ0n) is 42.6. The number of aryl methyl sites for hydroxylation is 2. The highest BCUT2D eigenvalue weighted by Gasteiger charge is 2.64. The van der Waals surface area contributed by atoms with Crippen LogP contribution in [0.4, 0.5) is 20.3 Å². The van der Waals surface area contributed by atoms with Gasteiger partial charge in [-0.25, -0.2) is 8.78 Å². The van der Waals surface area contributed by atoms with Crippen LogP contribution in [-0.4, -0.2) is 98.8 Å². The van der Waals surface area contributed by atoms with E-state index >= 15 is 0 Å². The fourth-order valence-corrected chi connectivity index (χ4v) is 13.0. The predicted molar refractivity (Wildman–Crippen MR) is 270 cm³/mol. The number of piperidine rings is 1. The number of nitriles is 1. The third-order valence-corrected chi connectivity index (χ3v) is 16.5. The van der Waals surface area contributed by atoms with Gasteiger partial charge in [-0.05, 0) is 111 Å². The lowest BCUT2D eigenvalue weighted by Gasteiger charge is -2.63. The fraction of sp³-hybridized carbons (Fsp3) is 0.518. The molecule has 3 fully saturated rings. The van der Waals surface area contributed by atoms with Gasteiger partial charge in [0, 0.05) is 115 Å². The van der Waals surface area contributed by atoms with Gasteiger partial charge in [0.2, 0.25) is 5.91 Å². The number of likely N-dealkylation sites (tertiary alicyclic amines) is 1. The van der Waals surface area contributed by atoms with E-state index in [1.54, 1.807) is 55.3 Å². The fourth-order valence-electron chi connectivity index (χ4n) is 13.0. The number of nitrogens with one attached hydrogen (secondary N) is 1. The molecule has 2 aromatic heterocycles. The molecular formula is C56H67F2N9O5. The van der Waals surface area contributed by atoms with Crippen LogP contribution in [-0.2, 0) is 31.2 Å². The van der Waals surface area contributed by atoms with Gasteiger partial charge in [-0.3, -0.25) is 19.0 Å². The Morgan fingerprint density at radius 3 is 2.25 bits per heavy atom. The van der Waals surface area contributed by atoms with Crippen molar-refractivity contribution >= 4 is 23.3 Å². The minimum absolute atomic E-state index is 0.0133. The molecule has 0 radical (unpaired) electrons. The number of carbonyl (C=O) groups excluding carboxylic acids is 2. The summed E-state index contributed by atoms with van der Waals surface area (Å²) in [4.78, 5) is 33.0. The normalized spacial score (nSPS) is 22.8. The van der Waals surface area contributed by atoms with Gasteiger partial charge >= 0.3 is 0 Å². The number of anilines is 2. The Labute approximate surface area is 421 Å². The van der Waals surface area contributed by atoms with Crippen LogP contribution in [0.2, 0.25) is 0 Å². The average Bonchev–Trinajstić information content (AvgIpc) is 4.00. The summed E-state index contributed by atoms with van der Waals surface area (Å²) in [5.41, 5.74) is 5.43. The Balaban J connectivity index is 0.744. The summed E-state index contributed by atoms with van der Waals surface area (Å²) >= 11 is 0. The molecule has 0 spiro atoms. The van der Waals surface area contributed by atoms with E-state index in [-0.39, 0.29) is 52.5 Å². The van der Waals surface area contributed by atoms with Crippen LogP contribution < -0.4 is 24.4 Å². The number of benzene rings is 3. The first-order valence-electron chi connectivity index (χ1n) is 25.7. The maximum absolute atomic E-state index is 14.8. The maximum Gasteiger partial charge on any atom is 0.264 e. The van der Waals surface area contributed by atoms with Gasteiger partial charge in [-0.15, -0.1) is 0 Å². The molecule has 380 valence electrons. The van der Waals surface area contributed by atoms with E-state index in [0.29, 0.717) is 65.8 Å². The summed E-state index contributed by atoms with van der Waals surface area (Å²) < 4.78 is 51.8. The molecule has 5 heterocycles. The molecule has 10 rings (SSSR count). The van der Waals surface area contributed by atoms with Crippen LogP contribution in [0.3, 0.4) is 0 Å². The molecule has 14 nitrogen and oxygen atoms in total. The second-order valence-corrected chi connectivity index (χ2v) is 21.8. The number of amides is 2. The van der Waals surface area contributed by atoms with Gasteiger partial charge in [0.1, 0.15) is 29.4 Å². The largest absolute Gasteiger partial charge is 0.495 e. The molecule has 3 aliphatic heterocycles. The van der Waals surface area contributed by atoms with Gasteiger partial charge in [-0.1, -0.05) is 27.7 Å². The molecule has 0 bridgehead atoms. The Morgan fingerprint density at radius 2 is 1.60 bits per heavy atom. The summed E-state index contributed by atoms with van der Waals surface area (Å²) in [5, 5.41) is 22.3. The van der Waals surface area contributed by atoms with Gasteiger partial charge in [0.25, 0.3) is 12.3 Å². The number of ether oxygens (including phenoxy) is 3.